The topological polar surface area (TPSA) is 53.5 Å². The molecule has 0 spiro atoms. The molecule has 0 bridgehead atoms. The lowest BCUT2D eigenvalue weighted by Crippen LogP contribution is -2.27. The summed E-state index contributed by atoms with van der Waals surface area (Å²) in [5.74, 6) is 0.505. The number of nitrogens with zero attached hydrogens (tertiary/aromatic N) is 3. The van der Waals surface area contributed by atoms with Gasteiger partial charge in [0.15, 0.2) is 11.6 Å². The van der Waals surface area contributed by atoms with Gasteiger partial charge in [0.05, 0.1) is 18.7 Å². The van der Waals surface area contributed by atoms with Gasteiger partial charge in [-0.2, -0.15) is 0 Å². The highest BCUT2D eigenvalue weighted by molar-refractivity contribution is 6.15. The molecule has 84 valence electrons. The first-order chi connectivity index (χ1) is 7.59. The molecule has 1 fully saturated rings. The molecule has 0 saturated carbocycles. The van der Waals surface area contributed by atoms with Crippen LogP contribution in [-0.4, -0.2) is 37.3 Å². The summed E-state index contributed by atoms with van der Waals surface area (Å²) < 4.78 is 0. The van der Waals surface area contributed by atoms with Crippen LogP contribution in [0.3, 0.4) is 0 Å². The van der Waals surface area contributed by atoms with Crippen LogP contribution in [0.25, 0.3) is 0 Å². The van der Waals surface area contributed by atoms with Crippen LogP contribution in [-0.2, 0) is 9.59 Å². The average Bonchev–Trinajstić information content (AvgIpc) is 2.57. The number of pyridine rings is 1. The van der Waals surface area contributed by atoms with Gasteiger partial charge in [0.1, 0.15) is 0 Å². The molecule has 0 N–H and O–H groups in total. The second-order valence-corrected chi connectivity index (χ2v) is 3.94. The van der Waals surface area contributed by atoms with Crippen LogP contribution in [0.4, 0.5) is 11.5 Å². The standard InChI is InChI=1S/C11H13N3O2/c1-13(2)11-9(4-3-5-12-11)14-7-8(15)6-10(14)16/h3-5H,6-7H2,1-2H3. The van der Waals surface area contributed by atoms with Crippen LogP contribution in [0, 0.1) is 0 Å². The van der Waals surface area contributed by atoms with Gasteiger partial charge in [0.2, 0.25) is 5.91 Å². The van der Waals surface area contributed by atoms with Crippen molar-refractivity contribution in [1.82, 2.24) is 4.98 Å². The van der Waals surface area contributed by atoms with Gasteiger partial charge in [-0.25, -0.2) is 4.98 Å². The quantitative estimate of drug-likeness (QED) is 0.678. The smallest absolute Gasteiger partial charge is 0.235 e. The van der Waals surface area contributed by atoms with E-state index in [-0.39, 0.29) is 24.7 Å². The molecule has 0 unspecified atom stereocenters. The monoisotopic (exact) mass is 219 g/mol. The Morgan fingerprint density at radius 2 is 2.12 bits per heavy atom. The third kappa shape index (κ3) is 1.76. The van der Waals surface area contributed by atoms with Crippen molar-refractivity contribution in [3.05, 3.63) is 18.3 Å². The Hall–Kier alpha value is -1.91. The lowest BCUT2D eigenvalue weighted by molar-refractivity contribution is -0.121. The Morgan fingerprint density at radius 3 is 2.69 bits per heavy atom. The third-order valence-electron chi connectivity index (χ3n) is 2.46. The maximum atomic E-state index is 11.6. The maximum Gasteiger partial charge on any atom is 0.235 e. The molecule has 5 nitrogen and oxygen atoms in total. The van der Waals surface area contributed by atoms with E-state index in [1.807, 2.05) is 19.0 Å². The zero-order chi connectivity index (χ0) is 11.7. The molecule has 1 aliphatic heterocycles. The van der Waals surface area contributed by atoms with Gasteiger partial charge in [0.25, 0.3) is 0 Å². The van der Waals surface area contributed by atoms with Crippen molar-refractivity contribution in [3.63, 3.8) is 0 Å². The summed E-state index contributed by atoms with van der Waals surface area (Å²) in [6, 6.07) is 3.57. The zero-order valence-corrected chi connectivity index (χ0v) is 9.30. The minimum absolute atomic E-state index is 0.00175. The molecular weight excluding hydrogens is 206 g/mol. The molecule has 1 aromatic heterocycles. The van der Waals surface area contributed by atoms with Crippen LogP contribution < -0.4 is 9.80 Å². The van der Waals surface area contributed by atoms with Crippen LogP contribution in [0.1, 0.15) is 6.42 Å². The molecule has 2 heterocycles. The molecular formula is C11H13N3O2. The minimum Gasteiger partial charge on any atom is -0.361 e. The largest absolute Gasteiger partial charge is 0.361 e. The zero-order valence-electron chi connectivity index (χ0n) is 9.30. The summed E-state index contributed by atoms with van der Waals surface area (Å²) in [5.41, 5.74) is 0.698. The van der Waals surface area contributed by atoms with Crippen LogP contribution in [0.5, 0.6) is 0 Å². The molecule has 0 aliphatic carbocycles. The van der Waals surface area contributed by atoms with Crippen molar-refractivity contribution in [2.24, 2.45) is 0 Å². The number of Topliss-reactive ketones (excluding diaryl/α,β-unsaturated/α-hetero) is 1. The van der Waals surface area contributed by atoms with E-state index in [1.54, 1.807) is 18.3 Å². The van der Waals surface area contributed by atoms with Crippen molar-refractivity contribution in [1.29, 1.82) is 0 Å². The Morgan fingerprint density at radius 1 is 1.38 bits per heavy atom. The lowest BCUT2D eigenvalue weighted by atomic mass is 10.3. The van der Waals surface area contributed by atoms with Crippen molar-refractivity contribution in [3.8, 4) is 0 Å². The molecule has 0 radical (unpaired) electrons. The van der Waals surface area contributed by atoms with E-state index >= 15 is 0 Å². The third-order valence-corrected chi connectivity index (χ3v) is 2.46. The van der Waals surface area contributed by atoms with Gasteiger partial charge in [-0.15, -0.1) is 0 Å². The fraction of sp³-hybridized carbons (Fsp3) is 0.364. The predicted octanol–water partition coefficient (Wildman–Crippen LogP) is 0.453. The Labute approximate surface area is 93.7 Å². The SMILES string of the molecule is CN(C)c1ncccc1N1CC(=O)CC1=O. The Kier molecular flexibility index (Phi) is 2.60. The number of amides is 1. The van der Waals surface area contributed by atoms with Crippen molar-refractivity contribution in [2.45, 2.75) is 6.42 Å². The number of aromatic nitrogens is 1. The van der Waals surface area contributed by atoms with E-state index in [0.717, 1.165) is 0 Å². The molecule has 5 heteroatoms. The first-order valence-corrected chi connectivity index (χ1v) is 5.04. The van der Waals surface area contributed by atoms with E-state index in [1.165, 1.54) is 4.90 Å². The maximum absolute atomic E-state index is 11.6. The highest BCUT2D eigenvalue weighted by atomic mass is 16.2. The summed E-state index contributed by atoms with van der Waals surface area (Å²) in [6.07, 6.45) is 1.67. The molecule has 1 saturated heterocycles. The second kappa shape index (κ2) is 3.92. The number of hydrogen-bond donors (Lipinski definition) is 0. The Bertz CT molecular complexity index is 443. The van der Waals surface area contributed by atoms with Gasteiger partial charge in [-0.1, -0.05) is 0 Å². The van der Waals surface area contributed by atoms with E-state index in [0.29, 0.717) is 11.5 Å². The second-order valence-electron chi connectivity index (χ2n) is 3.94. The number of carbonyl (C=O) groups is 2. The Balaban J connectivity index is 2.40. The predicted molar refractivity (Wildman–Crippen MR) is 60.5 cm³/mol. The van der Waals surface area contributed by atoms with E-state index in [9.17, 15) is 9.59 Å². The summed E-state index contributed by atoms with van der Waals surface area (Å²) in [4.78, 5) is 30.4. The number of anilines is 2. The summed E-state index contributed by atoms with van der Waals surface area (Å²) >= 11 is 0. The fourth-order valence-corrected chi connectivity index (χ4v) is 1.75. The molecule has 16 heavy (non-hydrogen) atoms. The number of rotatable bonds is 2. The lowest BCUT2D eigenvalue weighted by Gasteiger charge is -2.21. The van der Waals surface area contributed by atoms with Crippen molar-refractivity contribution < 1.29 is 9.59 Å². The number of ketones is 1. The van der Waals surface area contributed by atoms with Crippen LogP contribution >= 0.6 is 0 Å². The average molecular weight is 219 g/mol. The van der Waals surface area contributed by atoms with E-state index in [2.05, 4.69) is 4.98 Å². The molecule has 1 aromatic rings. The summed E-state index contributed by atoms with van der Waals surface area (Å²) in [5, 5.41) is 0. The first-order valence-electron chi connectivity index (χ1n) is 5.04. The molecule has 1 amide bonds. The normalized spacial score (nSPS) is 15.8. The minimum atomic E-state index is -0.152. The molecule has 1 aliphatic rings. The molecule has 0 aromatic carbocycles. The van der Waals surface area contributed by atoms with Gasteiger partial charge < -0.3 is 9.80 Å². The fourth-order valence-electron chi connectivity index (χ4n) is 1.75. The first kappa shape index (κ1) is 10.6. The molecule has 2 rings (SSSR count). The van der Waals surface area contributed by atoms with Gasteiger partial charge in [-0.3, -0.25) is 9.59 Å². The van der Waals surface area contributed by atoms with Crippen LogP contribution in [0.2, 0.25) is 0 Å². The van der Waals surface area contributed by atoms with E-state index < -0.39 is 0 Å². The summed E-state index contributed by atoms with van der Waals surface area (Å²) in [7, 11) is 3.71. The highest BCUT2D eigenvalue weighted by Crippen LogP contribution is 2.27. The van der Waals surface area contributed by atoms with Crippen LogP contribution in [0.15, 0.2) is 18.3 Å². The summed E-state index contributed by atoms with van der Waals surface area (Å²) in [6.45, 7) is 0.158. The van der Waals surface area contributed by atoms with Gasteiger partial charge in [-0.05, 0) is 12.1 Å². The number of hydrogen-bond acceptors (Lipinski definition) is 4. The van der Waals surface area contributed by atoms with Gasteiger partial charge in [0, 0.05) is 20.3 Å². The van der Waals surface area contributed by atoms with Gasteiger partial charge >= 0.3 is 0 Å². The van der Waals surface area contributed by atoms with Crippen molar-refractivity contribution in [2.75, 3.05) is 30.4 Å². The number of carbonyl (C=O) groups excluding carboxylic acids is 2. The van der Waals surface area contributed by atoms with E-state index in [4.69, 9.17) is 0 Å². The molecule has 0 atom stereocenters. The highest BCUT2D eigenvalue weighted by Gasteiger charge is 2.30. The van der Waals surface area contributed by atoms with Crippen molar-refractivity contribution >= 4 is 23.2 Å².